The zero-order chi connectivity index (χ0) is 13.3. The summed E-state index contributed by atoms with van der Waals surface area (Å²) in [5, 5.41) is 0. The molecule has 0 bridgehead atoms. The predicted octanol–water partition coefficient (Wildman–Crippen LogP) is 3.82. The van der Waals surface area contributed by atoms with Gasteiger partial charge in [0.2, 0.25) is 0 Å². The second-order valence-electron chi connectivity index (χ2n) is 4.01. The Hall–Kier alpha value is -2.59. The zero-order valence-electron chi connectivity index (χ0n) is 10.7. The molecule has 0 aliphatic rings. The lowest BCUT2D eigenvalue weighted by molar-refractivity contribution is 1.31. The van der Waals surface area contributed by atoms with Crippen LogP contribution in [-0.2, 0) is 0 Å². The Morgan fingerprint density at radius 2 is 1.47 bits per heavy atom. The zero-order valence-corrected chi connectivity index (χ0v) is 10.7. The highest BCUT2D eigenvalue weighted by Crippen LogP contribution is 2.22. The van der Waals surface area contributed by atoms with Crippen LogP contribution in [0.5, 0.6) is 0 Å². The fourth-order valence-corrected chi connectivity index (χ4v) is 1.83. The van der Waals surface area contributed by atoms with E-state index in [1.165, 1.54) is 11.1 Å². The Morgan fingerprint density at radius 3 is 1.95 bits per heavy atom. The summed E-state index contributed by atoms with van der Waals surface area (Å²) in [6.45, 7) is 0.410. The maximum atomic E-state index is 5.18. The lowest BCUT2D eigenvalue weighted by Crippen LogP contribution is -1.88. The van der Waals surface area contributed by atoms with E-state index in [0.29, 0.717) is 6.54 Å². The molecule has 0 saturated carbocycles. The van der Waals surface area contributed by atoms with Gasteiger partial charge in [0.1, 0.15) is 0 Å². The number of rotatable bonds is 4. The van der Waals surface area contributed by atoms with Crippen LogP contribution in [0.1, 0.15) is 11.1 Å². The molecule has 0 saturated heterocycles. The van der Waals surface area contributed by atoms with Crippen molar-refractivity contribution in [2.24, 2.45) is 4.99 Å². The Balaban J connectivity index is 2.38. The molecule has 2 aromatic rings. The highest BCUT2D eigenvalue weighted by molar-refractivity contribution is 5.91. The van der Waals surface area contributed by atoms with Gasteiger partial charge >= 0.3 is 0 Å². The van der Waals surface area contributed by atoms with Crippen LogP contribution in [0.15, 0.2) is 71.7 Å². The van der Waals surface area contributed by atoms with E-state index in [9.17, 15) is 0 Å². The molecule has 0 heterocycles. The summed E-state index contributed by atoms with van der Waals surface area (Å²) in [7, 11) is 0. The third-order valence-electron chi connectivity index (χ3n) is 2.70. The fourth-order valence-electron chi connectivity index (χ4n) is 1.83. The van der Waals surface area contributed by atoms with Gasteiger partial charge in [-0.15, -0.1) is 6.42 Å². The molecule has 2 aromatic carbocycles. The number of terminal acetylenes is 1. The van der Waals surface area contributed by atoms with Crippen molar-refractivity contribution in [3.63, 3.8) is 0 Å². The minimum absolute atomic E-state index is 0.410. The summed E-state index contributed by atoms with van der Waals surface area (Å²) in [6.07, 6.45) is 8.96. The summed E-state index contributed by atoms with van der Waals surface area (Å²) in [5.41, 5.74) is 3.48. The summed E-state index contributed by atoms with van der Waals surface area (Å²) in [6, 6.07) is 20.5. The van der Waals surface area contributed by atoms with Crippen LogP contribution in [-0.4, -0.2) is 12.8 Å². The number of benzene rings is 2. The molecule has 2 rings (SSSR count). The summed E-state index contributed by atoms with van der Waals surface area (Å²) in [5.74, 6) is 2.49. The van der Waals surface area contributed by atoms with Crippen LogP contribution in [0.25, 0.3) is 5.57 Å². The largest absolute Gasteiger partial charge is 0.280 e. The third kappa shape index (κ3) is 3.69. The van der Waals surface area contributed by atoms with E-state index >= 15 is 0 Å². The van der Waals surface area contributed by atoms with Crippen molar-refractivity contribution in [2.75, 3.05) is 6.54 Å². The van der Waals surface area contributed by atoms with Crippen molar-refractivity contribution >= 4 is 11.8 Å². The van der Waals surface area contributed by atoms with Crippen molar-refractivity contribution in [1.29, 1.82) is 0 Å². The van der Waals surface area contributed by atoms with Gasteiger partial charge in [-0.05, 0) is 22.8 Å². The van der Waals surface area contributed by atoms with Crippen LogP contribution < -0.4 is 0 Å². The second kappa shape index (κ2) is 6.98. The van der Waals surface area contributed by atoms with Gasteiger partial charge in [0, 0.05) is 6.21 Å². The monoisotopic (exact) mass is 245 g/mol. The molecule has 0 aliphatic heterocycles. The minimum atomic E-state index is 0.410. The molecule has 0 spiro atoms. The molecule has 92 valence electrons. The first-order chi connectivity index (χ1) is 9.42. The molecule has 0 aliphatic carbocycles. The molecular weight excluding hydrogens is 230 g/mol. The number of nitrogens with zero attached hydrogens (tertiary/aromatic N) is 1. The first kappa shape index (κ1) is 12.9. The van der Waals surface area contributed by atoms with Crippen molar-refractivity contribution in [2.45, 2.75) is 0 Å². The van der Waals surface area contributed by atoms with E-state index < -0.39 is 0 Å². The fraction of sp³-hybridized carbons (Fsp3) is 0.0556. The average Bonchev–Trinajstić information content (AvgIpc) is 2.49. The average molecular weight is 245 g/mol. The van der Waals surface area contributed by atoms with E-state index in [1.54, 1.807) is 6.21 Å². The summed E-state index contributed by atoms with van der Waals surface area (Å²) >= 11 is 0. The smallest absolute Gasteiger partial charge is 0.0994 e. The van der Waals surface area contributed by atoms with Crippen molar-refractivity contribution < 1.29 is 0 Å². The number of aliphatic imine (C=N–C) groups is 1. The summed E-state index contributed by atoms with van der Waals surface area (Å²) < 4.78 is 0. The highest BCUT2D eigenvalue weighted by Gasteiger charge is 2.02. The predicted molar refractivity (Wildman–Crippen MR) is 82.2 cm³/mol. The van der Waals surface area contributed by atoms with E-state index in [4.69, 9.17) is 6.42 Å². The van der Waals surface area contributed by atoms with Crippen molar-refractivity contribution in [1.82, 2.24) is 0 Å². The second-order valence-corrected chi connectivity index (χ2v) is 4.01. The SMILES string of the molecule is C#CCN=CC=C(c1ccccc1)c1ccccc1. The Bertz CT molecular complexity index is 560. The minimum Gasteiger partial charge on any atom is -0.280 e. The normalized spacial score (nSPS) is 10.1. The Morgan fingerprint density at radius 1 is 0.947 bits per heavy atom. The van der Waals surface area contributed by atoms with Crippen LogP contribution in [0.2, 0.25) is 0 Å². The number of hydrogen-bond acceptors (Lipinski definition) is 1. The van der Waals surface area contributed by atoms with Gasteiger partial charge in [-0.1, -0.05) is 66.6 Å². The number of allylic oxidation sites excluding steroid dienone is 1. The molecule has 1 heteroatoms. The lowest BCUT2D eigenvalue weighted by Gasteiger charge is -2.07. The first-order valence-electron chi connectivity index (χ1n) is 6.16. The van der Waals surface area contributed by atoms with Gasteiger partial charge in [0.25, 0.3) is 0 Å². The van der Waals surface area contributed by atoms with Gasteiger partial charge in [-0.25, -0.2) is 0 Å². The van der Waals surface area contributed by atoms with Crippen LogP contribution in [0.4, 0.5) is 0 Å². The quantitative estimate of drug-likeness (QED) is 0.573. The molecular formula is C18H15N. The molecule has 0 unspecified atom stereocenters. The molecule has 1 nitrogen and oxygen atoms in total. The van der Waals surface area contributed by atoms with Gasteiger partial charge in [-0.3, -0.25) is 4.99 Å². The molecule has 0 fully saturated rings. The molecule has 0 radical (unpaired) electrons. The van der Waals surface area contributed by atoms with Crippen LogP contribution >= 0.6 is 0 Å². The van der Waals surface area contributed by atoms with Crippen LogP contribution in [0, 0.1) is 12.3 Å². The Labute approximate surface area is 114 Å². The first-order valence-corrected chi connectivity index (χ1v) is 6.16. The number of hydrogen-bond donors (Lipinski definition) is 0. The van der Waals surface area contributed by atoms with E-state index in [-0.39, 0.29) is 0 Å². The molecule has 0 atom stereocenters. The standard InChI is InChI=1S/C18H15N/c1-2-14-19-15-13-18(16-9-5-3-6-10-16)17-11-7-4-8-12-17/h1,3-13,15H,14H2. The highest BCUT2D eigenvalue weighted by atomic mass is 14.7. The van der Waals surface area contributed by atoms with Gasteiger partial charge in [0.05, 0.1) is 6.54 Å². The van der Waals surface area contributed by atoms with Crippen molar-refractivity contribution in [3.05, 3.63) is 77.9 Å². The van der Waals surface area contributed by atoms with Gasteiger partial charge in [-0.2, -0.15) is 0 Å². The van der Waals surface area contributed by atoms with Crippen molar-refractivity contribution in [3.8, 4) is 12.3 Å². The third-order valence-corrected chi connectivity index (χ3v) is 2.70. The lowest BCUT2D eigenvalue weighted by atomic mass is 9.98. The molecule has 0 aromatic heterocycles. The molecule has 19 heavy (non-hydrogen) atoms. The summed E-state index contributed by atoms with van der Waals surface area (Å²) in [4.78, 5) is 4.14. The van der Waals surface area contributed by atoms with E-state index in [2.05, 4.69) is 35.2 Å². The maximum absolute atomic E-state index is 5.18. The van der Waals surface area contributed by atoms with Crippen LogP contribution in [0.3, 0.4) is 0 Å². The van der Waals surface area contributed by atoms with Gasteiger partial charge in [0.15, 0.2) is 0 Å². The Kier molecular flexibility index (Phi) is 4.72. The van der Waals surface area contributed by atoms with Gasteiger partial charge < -0.3 is 0 Å². The van der Waals surface area contributed by atoms with E-state index in [0.717, 1.165) is 5.57 Å². The van der Waals surface area contributed by atoms with E-state index in [1.807, 2.05) is 42.5 Å². The molecule has 0 amide bonds. The molecule has 0 N–H and O–H groups in total. The topological polar surface area (TPSA) is 12.4 Å². The maximum Gasteiger partial charge on any atom is 0.0994 e.